The molecule has 0 aromatic heterocycles. The molecular formula is C10H17NO2. The first-order valence-corrected chi connectivity index (χ1v) is 5.03. The SMILES string of the molecule is NC1CC=C(OC2CCOC2)CC1. The first-order valence-electron chi connectivity index (χ1n) is 5.03. The van der Waals surface area contributed by atoms with Gasteiger partial charge >= 0.3 is 0 Å². The van der Waals surface area contributed by atoms with Crippen molar-refractivity contribution in [3.8, 4) is 0 Å². The van der Waals surface area contributed by atoms with Gasteiger partial charge in [0.2, 0.25) is 0 Å². The number of hydrogen-bond donors (Lipinski definition) is 1. The molecule has 0 amide bonds. The van der Waals surface area contributed by atoms with Gasteiger partial charge in [-0.25, -0.2) is 0 Å². The van der Waals surface area contributed by atoms with E-state index in [1.807, 2.05) is 0 Å². The van der Waals surface area contributed by atoms with Gasteiger partial charge in [-0.3, -0.25) is 0 Å². The highest BCUT2D eigenvalue weighted by molar-refractivity contribution is 5.01. The van der Waals surface area contributed by atoms with Gasteiger partial charge in [-0.15, -0.1) is 0 Å². The molecule has 2 atom stereocenters. The number of ether oxygens (including phenoxy) is 2. The number of allylic oxidation sites excluding steroid dienone is 1. The van der Waals surface area contributed by atoms with Gasteiger partial charge in [-0.05, 0) is 18.9 Å². The molecule has 2 rings (SSSR count). The predicted molar refractivity (Wildman–Crippen MR) is 50.2 cm³/mol. The summed E-state index contributed by atoms with van der Waals surface area (Å²) in [6, 6.07) is 0.340. The van der Waals surface area contributed by atoms with Gasteiger partial charge in [-0.2, -0.15) is 0 Å². The summed E-state index contributed by atoms with van der Waals surface area (Å²) in [6.07, 6.45) is 6.47. The van der Waals surface area contributed by atoms with Crippen molar-refractivity contribution in [3.05, 3.63) is 11.8 Å². The van der Waals surface area contributed by atoms with Crippen molar-refractivity contribution >= 4 is 0 Å². The first kappa shape index (κ1) is 9.03. The van der Waals surface area contributed by atoms with Crippen LogP contribution in [0, 0.1) is 0 Å². The molecule has 1 aliphatic carbocycles. The molecule has 2 aliphatic rings. The highest BCUT2D eigenvalue weighted by Gasteiger charge is 2.19. The second kappa shape index (κ2) is 4.11. The van der Waals surface area contributed by atoms with Gasteiger partial charge in [0.1, 0.15) is 6.10 Å². The van der Waals surface area contributed by atoms with Crippen LogP contribution in [0.25, 0.3) is 0 Å². The Morgan fingerprint density at radius 2 is 2.38 bits per heavy atom. The molecule has 1 saturated heterocycles. The molecule has 1 aliphatic heterocycles. The average molecular weight is 183 g/mol. The van der Waals surface area contributed by atoms with E-state index in [0.717, 1.165) is 44.7 Å². The maximum atomic E-state index is 5.78. The molecule has 2 unspecified atom stereocenters. The molecule has 0 saturated carbocycles. The Morgan fingerprint density at radius 3 is 3.00 bits per heavy atom. The van der Waals surface area contributed by atoms with Gasteiger partial charge < -0.3 is 15.2 Å². The standard InChI is InChI=1S/C10H17NO2/c11-8-1-3-9(4-2-8)13-10-5-6-12-7-10/h3,8,10H,1-2,4-7,11H2. The monoisotopic (exact) mass is 183 g/mol. The van der Waals surface area contributed by atoms with Crippen LogP contribution >= 0.6 is 0 Å². The van der Waals surface area contributed by atoms with Crippen LogP contribution in [0.5, 0.6) is 0 Å². The van der Waals surface area contributed by atoms with Crippen molar-refractivity contribution in [1.82, 2.24) is 0 Å². The molecule has 0 radical (unpaired) electrons. The molecule has 13 heavy (non-hydrogen) atoms. The Morgan fingerprint density at radius 1 is 1.46 bits per heavy atom. The quantitative estimate of drug-likeness (QED) is 0.699. The summed E-state index contributed by atoms with van der Waals surface area (Å²) in [6.45, 7) is 1.60. The van der Waals surface area contributed by atoms with Gasteiger partial charge in [0.25, 0.3) is 0 Å². The van der Waals surface area contributed by atoms with Crippen LogP contribution < -0.4 is 5.73 Å². The average Bonchev–Trinajstić information content (AvgIpc) is 2.62. The molecular weight excluding hydrogens is 166 g/mol. The van der Waals surface area contributed by atoms with Gasteiger partial charge in [0.15, 0.2) is 0 Å². The fourth-order valence-electron chi connectivity index (χ4n) is 1.76. The van der Waals surface area contributed by atoms with Crippen LogP contribution in [0.2, 0.25) is 0 Å². The van der Waals surface area contributed by atoms with Crippen molar-refractivity contribution in [2.45, 2.75) is 37.8 Å². The van der Waals surface area contributed by atoms with Gasteiger partial charge in [0.05, 0.1) is 19.0 Å². The van der Waals surface area contributed by atoms with Crippen molar-refractivity contribution in [2.75, 3.05) is 13.2 Å². The number of hydrogen-bond acceptors (Lipinski definition) is 3. The lowest BCUT2D eigenvalue weighted by molar-refractivity contribution is 0.0837. The molecule has 2 N–H and O–H groups in total. The molecule has 1 fully saturated rings. The second-order valence-electron chi connectivity index (χ2n) is 3.81. The van der Waals surface area contributed by atoms with Crippen LogP contribution in [0.4, 0.5) is 0 Å². The fraction of sp³-hybridized carbons (Fsp3) is 0.800. The lowest BCUT2D eigenvalue weighted by Crippen LogP contribution is -2.23. The minimum Gasteiger partial charge on any atom is -0.493 e. The van der Waals surface area contributed by atoms with E-state index in [1.54, 1.807) is 0 Å². The predicted octanol–water partition coefficient (Wildman–Crippen LogP) is 1.19. The van der Waals surface area contributed by atoms with Crippen molar-refractivity contribution < 1.29 is 9.47 Å². The molecule has 0 bridgehead atoms. The van der Waals surface area contributed by atoms with Crippen LogP contribution in [0.1, 0.15) is 25.7 Å². The number of nitrogens with two attached hydrogens (primary N) is 1. The minimum atomic E-state index is 0.292. The molecule has 0 aromatic rings. The Hall–Kier alpha value is -0.540. The summed E-state index contributed by atoms with van der Waals surface area (Å²) in [5.74, 6) is 1.12. The van der Waals surface area contributed by atoms with E-state index in [1.165, 1.54) is 0 Å². The molecule has 3 heteroatoms. The van der Waals surface area contributed by atoms with E-state index in [2.05, 4.69) is 6.08 Å². The van der Waals surface area contributed by atoms with Crippen molar-refractivity contribution in [2.24, 2.45) is 5.73 Å². The largest absolute Gasteiger partial charge is 0.493 e. The number of rotatable bonds is 2. The second-order valence-corrected chi connectivity index (χ2v) is 3.81. The van der Waals surface area contributed by atoms with E-state index in [0.29, 0.717) is 12.1 Å². The zero-order valence-electron chi connectivity index (χ0n) is 7.87. The zero-order valence-corrected chi connectivity index (χ0v) is 7.87. The van der Waals surface area contributed by atoms with E-state index in [4.69, 9.17) is 15.2 Å². The van der Waals surface area contributed by atoms with E-state index in [-0.39, 0.29) is 0 Å². The Bertz CT molecular complexity index is 197. The smallest absolute Gasteiger partial charge is 0.124 e. The lowest BCUT2D eigenvalue weighted by Gasteiger charge is -2.21. The van der Waals surface area contributed by atoms with E-state index in [9.17, 15) is 0 Å². The molecule has 3 nitrogen and oxygen atoms in total. The maximum Gasteiger partial charge on any atom is 0.124 e. The molecule has 74 valence electrons. The van der Waals surface area contributed by atoms with Gasteiger partial charge in [-0.1, -0.05) is 0 Å². The first-order chi connectivity index (χ1) is 6.34. The summed E-state index contributed by atoms with van der Waals surface area (Å²) in [4.78, 5) is 0. The topological polar surface area (TPSA) is 44.5 Å². The van der Waals surface area contributed by atoms with Crippen LogP contribution in [0.3, 0.4) is 0 Å². The Balaban J connectivity index is 1.80. The van der Waals surface area contributed by atoms with Crippen molar-refractivity contribution in [3.63, 3.8) is 0 Å². The Labute approximate surface area is 78.9 Å². The summed E-state index contributed by atoms with van der Waals surface area (Å²) in [7, 11) is 0. The lowest BCUT2D eigenvalue weighted by atomic mass is 10.0. The Kier molecular flexibility index (Phi) is 2.86. The third-order valence-corrected chi connectivity index (χ3v) is 2.62. The normalized spacial score (nSPS) is 34.4. The minimum absolute atomic E-state index is 0.292. The summed E-state index contributed by atoms with van der Waals surface area (Å²) in [5.41, 5.74) is 5.78. The summed E-state index contributed by atoms with van der Waals surface area (Å²) >= 11 is 0. The third kappa shape index (κ3) is 2.45. The van der Waals surface area contributed by atoms with Crippen LogP contribution in [-0.2, 0) is 9.47 Å². The molecule has 1 heterocycles. The molecule has 0 aromatic carbocycles. The van der Waals surface area contributed by atoms with E-state index < -0.39 is 0 Å². The summed E-state index contributed by atoms with van der Waals surface area (Å²) in [5, 5.41) is 0. The maximum absolute atomic E-state index is 5.78. The van der Waals surface area contributed by atoms with E-state index >= 15 is 0 Å². The third-order valence-electron chi connectivity index (χ3n) is 2.62. The fourth-order valence-corrected chi connectivity index (χ4v) is 1.76. The van der Waals surface area contributed by atoms with Crippen molar-refractivity contribution in [1.29, 1.82) is 0 Å². The van der Waals surface area contributed by atoms with Gasteiger partial charge in [0, 0.05) is 18.9 Å². The highest BCUT2D eigenvalue weighted by Crippen LogP contribution is 2.21. The van der Waals surface area contributed by atoms with Crippen LogP contribution in [-0.4, -0.2) is 25.4 Å². The zero-order chi connectivity index (χ0) is 9.10. The summed E-state index contributed by atoms with van der Waals surface area (Å²) < 4.78 is 11.0. The van der Waals surface area contributed by atoms with Crippen LogP contribution in [0.15, 0.2) is 11.8 Å². The highest BCUT2D eigenvalue weighted by atomic mass is 16.5. The molecule has 0 spiro atoms.